The van der Waals surface area contributed by atoms with E-state index >= 15 is 0 Å². The average Bonchev–Trinajstić information content (AvgIpc) is 3.08. The Labute approximate surface area is 181 Å². The molecule has 7 nitrogen and oxygen atoms in total. The molecule has 0 aliphatic carbocycles. The van der Waals surface area contributed by atoms with Gasteiger partial charge >= 0.3 is 0 Å². The number of carbonyl (C=O) groups is 3. The molecule has 2 aromatic rings. The Kier molecular flexibility index (Phi) is 7.41. The van der Waals surface area contributed by atoms with Crippen LogP contribution >= 0.6 is 0 Å². The molecule has 2 aromatic carbocycles. The molecule has 0 spiro atoms. The van der Waals surface area contributed by atoms with Crippen molar-refractivity contribution in [2.75, 3.05) is 6.61 Å². The lowest BCUT2D eigenvalue weighted by molar-refractivity contribution is -0.123. The van der Waals surface area contributed by atoms with E-state index in [2.05, 4.69) is 0 Å². The van der Waals surface area contributed by atoms with E-state index in [1.807, 2.05) is 30.3 Å². The van der Waals surface area contributed by atoms with Crippen LogP contribution in [0, 0.1) is 0 Å². The molecule has 1 aliphatic rings. The van der Waals surface area contributed by atoms with Crippen molar-refractivity contribution in [3.05, 3.63) is 64.7 Å². The summed E-state index contributed by atoms with van der Waals surface area (Å²) in [6.07, 6.45) is 1.93. The number of aliphatic hydroxyl groups is 1. The summed E-state index contributed by atoms with van der Waals surface area (Å²) in [6.45, 7) is 1.77. The summed E-state index contributed by atoms with van der Waals surface area (Å²) in [7, 11) is 0. The first-order valence-electron chi connectivity index (χ1n) is 10.4. The third kappa shape index (κ3) is 5.30. The SMILES string of the molecule is CC(=O)CCC(C(N)=O)N1Cc2ccc(CO)c(OCCCc3ccccc3)c2C1=O. The van der Waals surface area contributed by atoms with Gasteiger partial charge in [-0.25, -0.2) is 0 Å². The van der Waals surface area contributed by atoms with Crippen LogP contribution in [0.4, 0.5) is 0 Å². The van der Waals surface area contributed by atoms with Crippen molar-refractivity contribution >= 4 is 17.6 Å². The Hall–Kier alpha value is -3.19. The predicted octanol–water partition coefficient (Wildman–Crippen LogP) is 2.37. The molecular formula is C24H28N2O5. The van der Waals surface area contributed by atoms with Gasteiger partial charge in [0.25, 0.3) is 5.91 Å². The Bertz CT molecular complexity index is 958. The zero-order chi connectivity index (χ0) is 22.4. The number of hydrogen-bond donors (Lipinski definition) is 2. The molecule has 0 radical (unpaired) electrons. The summed E-state index contributed by atoms with van der Waals surface area (Å²) in [5, 5.41) is 9.76. The minimum atomic E-state index is -0.868. The van der Waals surface area contributed by atoms with Crippen LogP contribution in [0.2, 0.25) is 0 Å². The lowest BCUT2D eigenvalue weighted by atomic mass is 10.0. The highest BCUT2D eigenvalue weighted by Crippen LogP contribution is 2.36. The normalized spacial score (nSPS) is 13.7. The first-order valence-corrected chi connectivity index (χ1v) is 10.4. The maximum Gasteiger partial charge on any atom is 0.258 e. The molecule has 3 rings (SSSR count). The molecule has 31 heavy (non-hydrogen) atoms. The van der Waals surface area contributed by atoms with Crippen LogP contribution in [0.1, 0.15) is 53.2 Å². The number of nitrogens with two attached hydrogens (primary N) is 1. The number of benzene rings is 2. The quantitative estimate of drug-likeness (QED) is 0.538. The van der Waals surface area contributed by atoms with Crippen LogP contribution in [-0.4, -0.2) is 40.3 Å². The highest BCUT2D eigenvalue weighted by molar-refractivity contribution is 6.03. The van der Waals surface area contributed by atoms with Gasteiger partial charge in [-0.2, -0.15) is 0 Å². The van der Waals surface area contributed by atoms with Gasteiger partial charge in [-0.05, 0) is 37.3 Å². The molecule has 1 unspecified atom stereocenters. The first-order chi connectivity index (χ1) is 14.9. The number of aliphatic hydroxyl groups excluding tert-OH is 1. The Morgan fingerprint density at radius 2 is 1.94 bits per heavy atom. The van der Waals surface area contributed by atoms with Crippen LogP contribution in [0.5, 0.6) is 5.75 Å². The van der Waals surface area contributed by atoms with E-state index in [1.54, 1.807) is 12.1 Å². The fraction of sp³-hybridized carbons (Fsp3) is 0.375. The summed E-state index contributed by atoms with van der Waals surface area (Å²) >= 11 is 0. The molecule has 0 saturated carbocycles. The first kappa shape index (κ1) is 22.5. The second-order valence-electron chi connectivity index (χ2n) is 7.78. The van der Waals surface area contributed by atoms with Gasteiger partial charge in [0, 0.05) is 18.5 Å². The summed E-state index contributed by atoms with van der Waals surface area (Å²) in [5.74, 6) is -0.721. The van der Waals surface area contributed by atoms with E-state index in [-0.39, 0.29) is 37.7 Å². The van der Waals surface area contributed by atoms with Gasteiger partial charge in [0.2, 0.25) is 5.91 Å². The third-order valence-corrected chi connectivity index (χ3v) is 5.48. The molecular weight excluding hydrogens is 396 g/mol. The zero-order valence-electron chi connectivity index (χ0n) is 17.7. The van der Waals surface area contributed by atoms with Crippen LogP contribution in [0.15, 0.2) is 42.5 Å². The number of nitrogens with zero attached hydrogens (tertiary/aromatic N) is 1. The molecule has 0 saturated heterocycles. The van der Waals surface area contributed by atoms with E-state index < -0.39 is 11.9 Å². The van der Waals surface area contributed by atoms with Crippen LogP contribution in [-0.2, 0) is 29.2 Å². The largest absolute Gasteiger partial charge is 0.492 e. The van der Waals surface area contributed by atoms with E-state index in [0.717, 1.165) is 12.8 Å². The molecule has 1 heterocycles. The highest BCUT2D eigenvalue weighted by atomic mass is 16.5. The van der Waals surface area contributed by atoms with Gasteiger partial charge in [-0.1, -0.05) is 42.5 Å². The van der Waals surface area contributed by atoms with E-state index in [1.165, 1.54) is 17.4 Å². The standard InChI is InChI=1S/C24H28N2O5/c1-16(28)9-12-20(23(25)29)26-14-18-10-11-19(15-27)22(21(18)24(26)30)31-13-5-8-17-6-3-2-4-7-17/h2-4,6-7,10-11,20,27H,5,8-9,12-15H2,1H3,(H2,25,29). The Balaban J connectivity index is 1.76. The van der Waals surface area contributed by atoms with Gasteiger partial charge < -0.3 is 25.3 Å². The molecule has 3 N–H and O–H groups in total. The number of amides is 2. The lowest BCUT2D eigenvalue weighted by Crippen LogP contribution is -2.45. The second kappa shape index (κ2) is 10.2. The molecule has 7 heteroatoms. The fourth-order valence-electron chi connectivity index (χ4n) is 3.86. The molecule has 1 aliphatic heterocycles. The monoisotopic (exact) mass is 424 g/mol. The van der Waals surface area contributed by atoms with E-state index in [0.29, 0.717) is 29.0 Å². The smallest absolute Gasteiger partial charge is 0.258 e. The van der Waals surface area contributed by atoms with Crippen LogP contribution < -0.4 is 10.5 Å². The van der Waals surface area contributed by atoms with Crippen molar-refractivity contribution in [3.8, 4) is 5.75 Å². The summed E-state index contributed by atoms with van der Waals surface area (Å²) in [5.41, 5.74) is 8.33. The van der Waals surface area contributed by atoms with Gasteiger partial charge in [0.15, 0.2) is 0 Å². The van der Waals surface area contributed by atoms with Gasteiger partial charge in [0.1, 0.15) is 17.6 Å². The Morgan fingerprint density at radius 3 is 2.58 bits per heavy atom. The maximum absolute atomic E-state index is 13.2. The molecule has 2 amide bonds. The van der Waals surface area contributed by atoms with Gasteiger partial charge in [0.05, 0.1) is 18.8 Å². The third-order valence-electron chi connectivity index (χ3n) is 5.48. The molecule has 0 aromatic heterocycles. The number of ketones is 1. The summed E-state index contributed by atoms with van der Waals surface area (Å²) in [4.78, 5) is 38.0. The number of fused-ring (bicyclic) bond motifs is 1. The van der Waals surface area contributed by atoms with Crippen molar-refractivity contribution in [3.63, 3.8) is 0 Å². The minimum Gasteiger partial charge on any atom is -0.492 e. The molecule has 1 atom stereocenters. The fourth-order valence-corrected chi connectivity index (χ4v) is 3.86. The number of primary amides is 1. The number of carbonyl (C=O) groups excluding carboxylic acids is 3. The van der Waals surface area contributed by atoms with Gasteiger partial charge in [-0.15, -0.1) is 0 Å². The number of Topliss-reactive ketones (excluding diaryl/α,β-unsaturated/α-hetero) is 1. The van der Waals surface area contributed by atoms with E-state index in [4.69, 9.17) is 10.5 Å². The number of rotatable bonds is 11. The number of hydrogen-bond acceptors (Lipinski definition) is 5. The zero-order valence-corrected chi connectivity index (χ0v) is 17.7. The number of ether oxygens (including phenoxy) is 1. The predicted molar refractivity (Wildman–Crippen MR) is 115 cm³/mol. The number of aryl methyl sites for hydroxylation is 1. The van der Waals surface area contributed by atoms with Crippen molar-refractivity contribution in [2.24, 2.45) is 5.73 Å². The van der Waals surface area contributed by atoms with Crippen molar-refractivity contribution in [2.45, 2.75) is 51.8 Å². The van der Waals surface area contributed by atoms with Gasteiger partial charge in [-0.3, -0.25) is 9.59 Å². The van der Waals surface area contributed by atoms with Crippen LogP contribution in [0.25, 0.3) is 0 Å². The van der Waals surface area contributed by atoms with Crippen molar-refractivity contribution in [1.82, 2.24) is 4.90 Å². The topological polar surface area (TPSA) is 110 Å². The van der Waals surface area contributed by atoms with Crippen molar-refractivity contribution < 1.29 is 24.2 Å². The summed E-state index contributed by atoms with van der Waals surface area (Å²) in [6, 6.07) is 12.7. The molecule has 0 fully saturated rings. The average molecular weight is 424 g/mol. The van der Waals surface area contributed by atoms with E-state index in [9.17, 15) is 19.5 Å². The minimum absolute atomic E-state index is 0.0691. The van der Waals surface area contributed by atoms with Crippen molar-refractivity contribution in [1.29, 1.82) is 0 Å². The molecule has 164 valence electrons. The summed E-state index contributed by atoms with van der Waals surface area (Å²) < 4.78 is 5.97. The second-order valence-corrected chi connectivity index (χ2v) is 7.78. The highest BCUT2D eigenvalue weighted by Gasteiger charge is 2.38. The maximum atomic E-state index is 13.2. The van der Waals surface area contributed by atoms with Crippen LogP contribution in [0.3, 0.4) is 0 Å². The lowest BCUT2D eigenvalue weighted by Gasteiger charge is -2.24. The Morgan fingerprint density at radius 1 is 1.19 bits per heavy atom. The molecule has 0 bridgehead atoms.